The van der Waals surface area contributed by atoms with E-state index in [1.165, 1.54) is 18.5 Å². The number of aliphatic hydroxyl groups excluding tert-OH is 1. The molecule has 0 saturated carbocycles. The molecule has 2 rings (SSSR count). The van der Waals surface area contributed by atoms with Crippen LogP contribution in [0.3, 0.4) is 0 Å². The third kappa shape index (κ3) is 11.0. The molecule has 1 heterocycles. The molecule has 0 unspecified atom stereocenters. The fourth-order valence-corrected chi connectivity index (χ4v) is 1.37. The van der Waals surface area contributed by atoms with Gasteiger partial charge in [-0.15, -0.1) is 5.75 Å². The predicted molar refractivity (Wildman–Crippen MR) is 86.7 cm³/mol. The topological polar surface area (TPSA) is 181 Å². The van der Waals surface area contributed by atoms with Crippen LogP contribution in [0.25, 0.3) is 5.43 Å². The van der Waals surface area contributed by atoms with Crippen molar-refractivity contribution in [2.24, 2.45) is 10.2 Å². The van der Waals surface area contributed by atoms with Gasteiger partial charge in [-0.25, -0.2) is 0 Å². The summed E-state index contributed by atoms with van der Waals surface area (Å²) in [6.45, 7) is 0. The van der Waals surface area contributed by atoms with Gasteiger partial charge in [0.2, 0.25) is 0 Å². The van der Waals surface area contributed by atoms with Crippen LogP contribution in [-0.4, -0.2) is 35.7 Å². The summed E-state index contributed by atoms with van der Waals surface area (Å²) in [5.41, 5.74) is 6.61. The molecule has 26 heavy (non-hydrogen) atoms. The van der Waals surface area contributed by atoms with E-state index in [0.29, 0.717) is 5.56 Å². The van der Waals surface area contributed by atoms with Gasteiger partial charge in [0.25, 0.3) is 0 Å². The van der Waals surface area contributed by atoms with Gasteiger partial charge >= 0.3 is 0 Å². The molecule has 10 nitrogen and oxygen atoms in total. The fraction of sp³-hybridized carbons (Fsp3) is 0.0667. The van der Waals surface area contributed by atoms with Gasteiger partial charge in [-0.2, -0.15) is 0 Å². The van der Waals surface area contributed by atoms with Crippen molar-refractivity contribution >= 4 is 18.5 Å². The molecule has 0 atom stereocenters. The zero-order valence-electron chi connectivity index (χ0n) is 13.6. The third-order valence-corrected chi connectivity index (χ3v) is 2.32. The summed E-state index contributed by atoms with van der Waals surface area (Å²) in [5.74, 6) is -0.188. The summed E-state index contributed by atoms with van der Waals surface area (Å²) in [6, 6.07) is 9.09. The van der Waals surface area contributed by atoms with Crippen LogP contribution in [0.1, 0.15) is 11.1 Å². The minimum atomic E-state index is -0.741. The van der Waals surface area contributed by atoms with Gasteiger partial charge in [-0.05, 0) is 11.6 Å². The number of carbonyl (C=O) groups excluding carboxylic acids is 1. The van der Waals surface area contributed by atoms with Crippen LogP contribution in [0.15, 0.2) is 59.0 Å². The summed E-state index contributed by atoms with van der Waals surface area (Å²) in [5, 5.41) is 25.6. The molecule has 11 heteroatoms. The number of urea groups is 1. The number of aromatic nitrogens is 1. The number of hydrogen-bond acceptors (Lipinski definition) is 6. The average molecular weight is 441 g/mol. The van der Waals surface area contributed by atoms with Gasteiger partial charge in [0, 0.05) is 58.6 Å². The fourth-order valence-electron chi connectivity index (χ4n) is 1.37. The third-order valence-electron chi connectivity index (χ3n) is 2.32. The van der Waals surface area contributed by atoms with E-state index in [1.54, 1.807) is 42.7 Å². The number of pyridine rings is 1. The molecule has 0 aliphatic rings. The van der Waals surface area contributed by atoms with Crippen LogP contribution >= 0.6 is 0 Å². The number of amides is 2. The molecule has 0 bridgehead atoms. The van der Waals surface area contributed by atoms with Crippen LogP contribution in [0, 0.1) is 0 Å². The summed E-state index contributed by atoms with van der Waals surface area (Å²) < 4.78 is 0. The maximum absolute atomic E-state index is 11.4. The van der Waals surface area contributed by atoms with Crippen LogP contribution in [0.2, 0.25) is 0 Å². The van der Waals surface area contributed by atoms with Crippen molar-refractivity contribution in [3.8, 4) is 5.75 Å². The van der Waals surface area contributed by atoms with Gasteiger partial charge < -0.3 is 32.0 Å². The predicted octanol–water partition coefficient (Wildman–Crippen LogP) is 0.975. The largest absolute Gasteiger partial charge is 2.00 e. The first kappa shape index (κ1) is 28.2. The molecule has 1 aromatic heterocycles. The molecule has 142 valence electrons. The quantitative estimate of drug-likeness (QED) is 0.408. The molecule has 0 fully saturated rings. The minimum absolute atomic E-state index is 0. The van der Waals surface area contributed by atoms with E-state index >= 15 is 0 Å². The molecule has 2 N–H and O–H groups in total. The smallest absolute Gasteiger partial charge is 0.187 e. The first-order valence-electron chi connectivity index (χ1n) is 6.43. The van der Waals surface area contributed by atoms with E-state index in [9.17, 15) is 9.90 Å². The van der Waals surface area contributed by atoms with Crippen molar-refractivity contribution in [2.75, 3.05) is 7.11 Å². The van der Waals surface area contributed by atoms with Crippen LogP contribution in [0.5, 0.6) is 5.75 Å². The Morgan fingerprint density at radius 3 is 2.50 bits per heavy atom. The number of hydrazone groups is 1. The summed E-state index contributed by atoms with van der Waals surface area (Å²) in [7, 11) is 1.00. The molecule has 2 amide bonds. The monoisotopic (exact) mass is 443 g/mol. The molecule has 2 aromatic rings. The Labute approximate surface area is 164 Å². The van der Waals surface area contributed by atoms with Gasteiger partial charge in [0.1, 0.15) is 0 Å². The Bertz CT molecular complexity index is 670. The molecular weight excluding hydrogens is 426 g/mol. The number of nitrogens with zero attached hydrogens (tertiary/aromatic N) is 4. The normalized spacial score (nSPS) is 9.00. The Hall–Kier alpha value is -2.65. The second-order valence-corrected chi connectivity index (χ2v) is 3.84. The van der Waals surface area contributed by atoms with Gasteiger partial charge in [0.15, 0.2) is 6.03 Å². The first-order chi connectivity index (χ1) is 11.3. The second-order valence-electron chi connectivity index (χ2n) is 3.84. The first-order valence-corrected chi connectivity index (χ1v) is 6.43. The molecule has 1 aromatic carbocycles. The Balaban J connectivity index is -0.00000102. The Morgan fingerprint density at radius 2 is 1.88 bits per heavy atom. The zero-order chi connectivity index (χ0) is 16.9. The maximum atomic E-state index is 11.4. The number of carbonyl (C=O) groups is 1. The van der Waals surface area contributed by atoms with E-state index < -0.39 is 6.03 Å². The van der Waals surface area contributed by atoms with Crippen LogP contribution in [0.4, 0.5) is 4.79 Å². The van der Waals surface area contributed by atoms with E-state index in [2.05, 4.69) is 26.0 Å². The van der Waals surface area contributed by atoms with Crippen molar-refractivity contribution in [1.29, 1.82) is 0 Å². The SMILES string of the molecule is CO.O=C([N-]/N=C/c1ccccc1[O-])N/N=C/c1cccnc1.[Mo].[O-2].[O-2]. The number of nitrogens with one attached hydrogen (secondary N) is 1. The van der Waals surface area contributed by atoms with E-state index in [-0.39, 0.29) is 37.8 Å². The second kappa shape index (κ2) is 17.2. The molecule has 0 aliphatic carbocycles. The van der Waals surface area contributed by atoms with Crippen molar-refractivity contribution in [1.82, 2.24) is 10.4 Å². The minimum Gasteiger partial charge on any atom is -2.00 e. The number of benzene rings is 1. The van der Waals surface area contributed by atoms with E-state index in [4.69, 9.17) is 5.11 Å². The van der Waals surface area contributed by atoms with Crippen LogP contribution < -0.4 is 10.5 Å². The van der Waals surface area contributed by atoms with Crippen molar-refractivity contribution in [2.45, 2.75) is 0 Å². The van der Waals surface area contributed by atoms with E-state index in [0.717, 1.165) is 12.7 Å². The van der Waals surface area contributed by atoms with E-state index in [1.807, 2.05) is 0 Å². The Kier molecular flexibility index (Phi) is 18.6. The summed E-state index contributed by atoms with van der Waals surface area (Å²) in [6.07, 6.45) is 5.87. The molecule has 0 spiro atoms. The number of para-hydroxylation sites is 1. The standard InChI is InChI=1S/C14H13N5O2.CH4O.Mo.2O/c20-13-6-2-1-5-12(13)10-17-19-14(21)18-16-9-11-4-3-7-15-8-11;1-2;;;/h1-10H,(H3,17,18,19,20,21);2H,1H3;;;/q;;;2*-2/p-2/b16-9+;;;;. The number of hydrogen-bond donors (Lipinski definition) is 2. The molecule has 0 radical (unpaired) electrons. The van der Waals surface area contributed by atoms with Gasteiger partial charge in [0.05, 0.1) is 0 Å². The van der Waals surface area contributed by atoms with Crippen molar-refractivity contribution in [3.63, 3.8) is 0 Å². The van der Waals surface area contributed by atoms with Crippen LogP contribution in [-0.2, 0) is 32.0 Å². The summed E-state index contributed by atoms with van der Waals surface area (Å²) in [4.78, 5) is 15.2. The van der Waals surface area contributed by atoms with Gasteiger partial charge in [-0.1, -0.05) is 30.3 Å². The van der Waals surface area contributed by atoms with Crippen molar-refractivity contribution < 1.29 is 47.0 Å². The van der Waals surface area contributed by atoms with Gasteiger partial charge in [-0.3, -0.25) is 20.0 Å². The summed E-state index contributed by atoms with van der Waals surface area (Å²) >= 11 is 0. The van der Waals surface area contributed by atoms with Crippen molar-refractivity contribution in [3.05, 3.63) is 65.3 Å². The molecular formula is C15H15MoN5O5-6. The Morgan fingerprint density at radius 1 is 1.19 bits per heavy atom. The zero-order valence-corrected chi connectivity index (χ0v) is 15.6. The molecule has 0 saturated heterocycles. The average Bonchev–Trinajstić information content (AvgIpc) is 2.59. The molecule has 0 aliphatic heterocycles. The maximum Gasteiger partial charge on any atom is 0.187 e. The number of aliphatic hydroxyl groups is 1. The number of rotatable bonds is 4.